The Balaban J connectivity index is 2.67. The predicted molar refractivity (Wildman–Crippen MR) is 45.9 cm³/mol. The normalized spacial score (nSPS) is 19.0. The summed E-state index contributed by atoms with van der Waals surface area (Å²) in [5.74, 6) is 0. The summed E-state index contributed by atoms with van der Waals surface area (Å²) >= 11 is 0. The number of rotatable bonds is 2. The monoisotopic (exact) mass is 134 g/mol. The van der Waals surface area contributed by atoms with E-state index in [1.807, 2.05) is 0 Å². The summed E-state index contributed by atoms with van der Waals surface area (Å²) in [5, 5.41) is 0. The van der Waals surface area contributed by atoms with Gasteiger partial charge in [-0.05, 0) is 37.8 Å². The zero-order valence-electron chi connectivity index (χ0n) is 6.72. The van der Waals surface area contributed by atoms with Gasteiger partial charge in [-0.15, -0.1) is 0 Å². The minimum atomic E-state index is 1.27. The molecule has 0 nitrogen and oxygen atoms in total. The first-order valence-electron chi connectivity index (χ1n) is 3.86. The Morgan fingerprint density at radius 2 is 1.30 bits per heavy atom. The maximum Gasteiger partial charge on any atom is -0.0236 e. The second-order valence-corrected chi connectivity index (χ2v) is 2.55. The first-order chi connectivity index (χ1) is 4.88. The summed E-state index contributed by atoms with van der Waals surface area (Å²) < 4.78 is 0. The Labute approximate surface area is 62.9 Å². The third-order valence-corrected chi connectivity index (χ3v) is 1.81. The Bertz CT molecular complexity index is 170. The highest BCUT2D eigenvalue weighted by Gasteiger charge is 2.10. The predicted octanol–water partition coefficient (Wildman–Crippen LogP) is 3.23. The highest BCUT2D eigenvalue weighted by atomic mass is 14.1. The first kappa shape index (κ1) is 7.33. The van der Waals surface area contributed by atoms with Crippen LogP contribution in [0.5, 0.6) is 0 Å². The smallest absolute Gasteiger partial charge is 0.0236 e. The van der Waals surface area contributed by atoms with Gasteiger partial charge in [0.1, 0.15) is 0 Å². The van der Waals surface area contributed by atoms with E-state index in [4.69, 9.17) is 0 Å². The molecule has 0 aliphatic heterocycles. The molecule has 0 fully saturated rings. The van der Waals surface area contributed by atoms with E-state index in [0.717, 1.165) is 0 Å². The van der Waals surface area contributed by atoms with Crippen molar-refractivity contribution in [2.75, 3.05) is 0 Å². The van der Waals surface area contributed by atoms with Gasteiger partial charge in [-0.1, -0.05) is 24.3 Å². The average Bonchev–Trinajstić information content (AvgIpc) is 1.93. The van der Waals surface area contributed by atoms with Crippen molar-refractivity contribution in [3.63, 3.8) is 0 Å². The topological polar surface area (TPSA) is 0 Å². The lowest BCUT2D eigenvalue weighted by atomic mass is 9.88. The molecule has 0 aromatic rings. The number of hydrogen-bond acceptors (Lipinski definition) is 0. The molecule has 54 valence electrons. The van der Waals surface area contributed by atoms with Crippen LogP contribution in [0.1, 0.15) is 26.7 Å². The van der Waals surface area contributed by atoms with E-state index in [-0.39, 0.29) is 0 Å². The van der Waals surface area contributed by atoms with Gasteiger partial charge in [-0.2, -0.15) is 0 Å². The average molecular weight is 134 g/mol. The molecule has 0 spiro atoms. The van der Waals surface area contributed by atoms with E-state index >= 15 is 0 Å². The SMILES string of the molecule is C/C=C\C1=C(/C=C\C)CC1. The van der Waals surface area contributed by atoms with Gasteiger partial charge in [0.15, 0.2) is 0 Å². The van der Waals surface area contributed by atoms with Crippen LogP contribution in [0, 0.1) is 0 Å². The lowest BCUT2D eigenvalue weighted by Crippen LogP contribution is -1.98. The van der Waals surface area contributed by atoms with Crippen LogP contribution in [0.25, 0.3) is 0 Å². The molecule has 1 rings (SSSR count). The molecule has 0 saturated carbocycles. The Hall–Kier alpha value is -0.780. The minimum Gasteiger partial charge on any atom is -0.0874 e. The summed E-state index contributed by atoms with van der Waals surface area (Å²) in [7, 11) is 0. The van der Waals surface area contributed by atoms with E-state index in [1.54, 1.807) is 0 Å². The van der Waals surface area contributed by atoms with Crippen molar-refractivity contribution < 1.29 is 0 Å². The number of hydrogen-bond donors (Lipinski definition) is 0. The van der Waals surface area contributed by atoms with Crippen molar-refractivity contribution >= 4 is 0 Å². The summed E-state index contributed by atoms with van der Waals surface area (Å²) in [6.45, 7) is 4.14. The fraction of sp³-hybridized carbons (Fsp3) is 0.400. The molecule has 1 aliphatic rings. The maximum absolute atomic E-state index is 2.21. The van der Waals surface area contributed by atoms with E-state index in [1.165, 1.54) is 24.0 Å². The van der Waals surface area contributed by atoms with E-state index in [2.05, 4.69) is 38.2 Å². The quantitative estimate of drug-likeness (QED) is 0.544. The van der Waals surface area contributed by atoms with Crippen molar-refractivity contribution in [2.45, 2.75) is 26.7 Å². The van der Waals surface area contributed by atoms with Crippen molar-refractivity contribution in [1.29, 1.82) is 0 Å². The standard InChI is InChI=1S/C10H14/c1-3-5-9-7-8-10(9)6-4-2/h3-6H,7-8H2,1-2H3/b5-3-,6-4-. The van der Waals surface area contributed by atoms with Crippen LogP contribution in [0.4, 0.5) is 0 Å². The molecule has 0 radical (unpaired) electrons. The molecule has 0 aromatic heterocycles. The fourth-order valence-electron chi connectivity index (χ4n) is 1.20. The second-order valence-electron chi connectivity index (χ2n) is 2.55. The van der Waals surface area contributed by atoms with Crippen LogP contribution in [0.2, 0.25) is 0 Å². The molecule has 1 aliphatic carbocycles. The van der Waals surface area contributed by atoms with Crippen molar-refractivity contribution in [2.24, 2.45) is 0 Å². The van der Waals surface area contributed by atoms with Crippen LogP contribution in [0.15, 0.2) is 35.5 Å². The first-order valence-corrected chi connectivity index (χ1v) is 3.86. The number of allylic oxidation sites excluding steroid dienone is 6. The van der Waals surface area contributed by atoms with Gasteiger partial charge in [0.2, 0.25) is 0 Å². The highest BCUT2D eigenvalue weighted by molar-refractivity contribution is 5.40. The lowest BCUT2D eigenvalue weighted by molar-refractivity contribution is 0.854. The maximum atomic E-state index is 2.21. The molecule has 0 bridgehead atoms. The largest absolute Gasteiger partial charge is 0.0874 e. The Kier molecular flexibility index (Phi) is 2.49. The van der Waals surface area contributed by atoms with Crippen LogP contribution >= 0.6 is 0 Å². The highest BCUT2D eigenvalue weighted by Crippen LogP contribution is 2.29. The van der Waals surface area contributed by atoms with Crippen LogP contribution in [-0.2, 0) is 0 Å². The molecule has 0 heteroatoms. The van der Waals surface area contributed by atoms with E-state index < -0.39 is 0 Å². The molecule has 0 N–H and O–H groups in total. The lowest BCUT2D eigenvalue weighted by Gasteiger charge is -2.17. The third kappa shape index (κ3) is 1.38. The molecule has 0 aromatic carbocycles. The summed E-state index contributed by atoms with van der Waals surface area (Å²) in [5.41, 5.74) is 3.03. The van der Waals surface area contributed by atoms with Crippen molar-refractivity contribution in [1.82, 2.24) is 0 Å². The Morgan fingerprint density at radius 3 is 1.50 bits per heavy atom. The minimum absolute atomic E-state index is 1.27. The van der Waals surface area contributed by atoms with Crippen LogP contribution in [0.3, 0.4) is 0 Å². The van der Waals surface area contributed by atoms with Crippen molar-refractivity contribution in [3.8, 4) is 0 Å². The van der Waals surface area contributed by atoms with E-state index in [9.17, 15) is 0 Å². The summed E-state index contributed by atoms with van der Waals surface area (Å²) in [6.07, 6.45) is 11.2. The molecule has 10 heavy (non-hydrogen) atoms. The van der Waals surface area contributed by atoms with Gasteiger partial charge in [0, 0.05) is 0 Å². The van der Waals surface area contributed by atoms with Crippen molar-refractivity contribution in [3.05, 3.63) is 35.5 Å². The van der Waals surface area contributed by atoms with E-state index in [0.29, 0.717) is 0 Å². The van der Waals surface area contributed by atoms with Crippen LogP contribution in [-0.4, -0.2) is 0 Å². The summed E-state index contributed by atoms with van der Waals surface area (Å²) in [4.78, 5) is 0. The van der Waals surface area contributed by atoms with Gasteiger partial charge in [-0.25, -0.2) is 0 Å². The summed E-state index contributed by atoms with van der Waals surface area (Å²) in [6, 6.07) is 0. The molecule has 0 unspecified atom stereocenters. The molecular weight excluding hydrogens is 120 g/mol. The molecule has 0 atom stereocenters. The second kappa shape index (κ2) is 3.40. The van der Waals surface area contributed by atoms with Gasteiger partial charge in [0.05, 0.1) is 0 Å². The molecule has 0 amide bonds. The van der Waals surface area contributed by atoms with Gasteiger partial charge in [-0.3, -0.25) is 0 Å². The molecule has 0 saturated heterocycles. The van der Waals surface area contributed by atoms with Crippen LogP contribution < -0.4 is 0 Å². The third-order valence-electron chi connectivity index (χ3n) is 1.81. The van der Waals surface area contributed by atoms with Gasteiger partial charge < -0.3 is 0 Å². The Morgan fingerprint density at radius 1 is 0.900 bits per heavy atom. The zero-order valence-corrected chi connectivity index (χ0v) is 6.72. The molecular formula is C10H14. The fourth-order valence-corrected chi connectivity index (χ4v) is 1.20. The zero-order chi connectivity index (χ0) is 7.40. The van der Waals surface area contributed by atoms with Gasteiger partial charge in [0.25, 0.3) is 0 Å². The van der Waals surface area contributed by atoms with Gasteiger partial charge >= 0.3 is 0 Å². The molecule has 0 heterocycles.